The van der Waals surface area contributed by atoms with Crippen molar-refractivity contribution in [3.05, 3.63) is 65.2 Å². The van der Waals surface area contributed by atoms with Gasteiger partial charge < -0.3 is 20.9 Å². The lowest BCUT2D eigenvalue weighted by Crippen LogP contribution is -2.38. The van der Waals surface area contributed by atoms with E-state index in [4.69, 9.17) is 0 Å². The molecule has 33 heavy (non-hydrogen) atoms. The van der Waals surface area contributed by atoms with Crippen molar-refractivity contribution in [3.63, 3.8) is 0 Å². The molecule has 0 spiro atoms. The summed E-state index contributed by atoms with van der Waals surface area (Å²) in [7, 11) is 3.51. The molecule has 0 saturated carbocycles. The van der Waals surface area contributed by atoms with E-state index in [-0.39, 0.29) is 41.7 Å². The van der Waals surface area contributed by atoms with E-state index in [9.17, 15) is 9.59 Å². The third kappa shape index (κ3) is 9.81. The lowest BCUT2D eigenvalue weighted by molar-refractivity contribution is -0.118. The third-order valence-electron chi connectivity index (χ3n) is 4.80. The molecule has 0 bridgehead atoms. The van der Waals surface area contributed by atoms with Crippen LogP contribution >= 0.6 is 24.0 Å². The van der Waals surface area contributed by atoms with Gasteiger partial charge in [-0.25, -0.2) is 4.99 Å². The Hall–Kier alpha value is -2.62. The summed E-state index contributed by atoms with van der Waals surface area (Å²) < 4.78 is 0. The zero-order valence-electron chi connectivity index (χ0n) is 20.1. The maximum absolute atomic E-state index is 12.1. The van der Waals surface area contributed by atoms with Crippen LogP contribution in [-0.4, -0.2) is 49.9 Å². The number of carbonyl (C=O) groups excluding carboxylic acids is 2. The van der Waals surface area contributed by atoms with Crippen molar-refractivity contribution in [2.24, 2.45) is 10.9 Å². The summed E-state index contributed by atoms with van der Waals surface area (Å²) in [6.45, 7) is 7.76. The highest BCUT2D eigenvalue weighted by Crippen LogP contribution is 2.12. The molecule has 8 heteroatoms. The average molecular weight is 566 g/mol. The van der Waals surface area contributed by atoms with Crippen LogP contribution in [0.1, 0.15) is 42.3 Å². The van der Waals surface area contributed by atoms with Crippen LogP contribution < -0.4 is 16.0 Å². The molecule has 0 fully saturated rings. The van der Waals surface area contributed by atoms with Crippen LogP contribution in [0.5, 0.6) is 0 Å². The Bertz CT molecular complexity index is 927. The average Bonchev–Trinajstić information content (AvgIpc) is 2.78. The van der Waals surface area contributed by atoms with Crippen molar-refractivity contribution in [3.8, 4) is 0 Å². The molecule has 2 aromatic carbocycles. The summed E-state index contributed by atoms with van der Waals surface area (Å²) in [5.74, 6) is 0.699. The number of nitrogens with one attached hydrogen (secondary N) is 3. The first-order valence-electron chi connectivity index (χ1n) is 11.0. The lowest BCUT2D eigenvalue weighted by atomic mass is 10.1. The van der Waals surface area contributed by atoms with Crippen LogP contribution in [0.2, 0.25) is 0 Å². The first-order chi connectivity index (χ1) is 15.3. The minimum absolute atomic E-state index is 0. The van der Waals surface area contributed by atoms with Gasteiger partial charge in [0.05, 0.1) is 6.54 Å². The van der Waals surface area contributed by atoms with E-state index >= 15 is 0 Å². The fourth-order valence-electron chi connectivity index (χ4n) is 2.94. The number of guanidine groups is 1. The van der Waals surface area contributed by atoms with Crippen molar-refractivity contribution in [2.45, 2.75) is 33.7 Å². The predicted octanol–water partition coefficient (Wildman–Crippen LogP) is 3.90. The van der Waals surface area contributed by atoms with Gasteiger partial charge in [-0.3, -0.25) is 9.59 Å². The zero-order chi connectivity index (χ0) is 23.5. The number of amides is 2. The van der Waals surface area contributed by atoms with Crippen molar-refractivity contribution in [1.29, 1.82) is 0 Å². The van der Waals surface area contributed by atoms with Crippen LogP contribution in [0.25, 0.3) is 0 Å². The Morgan fingerprint density at radius 2 is 1.70 bits per heavy atom. The van der Waals surface area contributed by atoms with Crippen LogP contribution in [0.4, 0.5) is 5.69 Å². The van der Waals surface area contributed by atoms with E-state index in [1.807, 2.05) is 69.3 Å². The predicted molar refractivity (Wildman–Crippen MR) is 146 cm³/mol. The van der Waals surface area contributed by atoms with Gasteiger partial charge in [-0.2, -0.15) is 0 Å². The molecule has 0 unspecified atom stereocenters. The summed E-state index contributed by atoms with van der Waals surface area (Å²) in [6, 6.07) is 15.4. The Morgan fingerprint density at radius 1 is 1.00 bits per heavy atom. The number of hydrogen-bond acceptors (Lipinski definition) is 3. The van der Waals surface area contributed by atoms with Gasteiger partial charge in [0.15, 0.2) is 5.96 Å². The van der Waals surface area contributed by atoms with E-state index in [0.29, 0.717) is 18.7 Å². The number of hydrogen-bond donors (Lipinski definition) is 3. The Morgan fingerprint density at radius 3 is 2.30 bits per heavy atom. The molecular weight excluding hydrogens is 529 g/mol. The molecule has 0 aliphatic rings. The van der Waals surface area contributed by atoms with E-state index in [1.54, 1.807) is 19.0 Å². The van der Waals surface area contributed by atoms with Crippen molar-refractivity contribution in [1.82, 2.24) is 15.5 Å². The summed E-state index contributed by atoms with van der Waals surface area (Å²) >= 11 is 0. The smallest absolute Gasteiger partial charge is 0.253 e. The summed E-state index contributed by atoms with van der Waals surface area (Å²) in [5.41, 5.74) is 3.64. The summed E-state index contributed by atoms with van der Waals surface area (Å²) in [5, 5.41) is 9.49. The molecule has 0 heterocycles. The van der Waals surface area contributed by atoms with E-state index < -0.39 is 0 Å². The SMILES string of the molecule is CCNC(=NCc1ccc(NC(=O)C(C)C)cc1)NCCc1cccc(C(=O)N(C)C)c1.I. The van der Waals surface area contributed by atoms with Gasteiger partial charge in [0.25, 0.3) is 5.91 Å². The number of nitrogens with zero attached hydrogens (tertiary/aromatic N) is 2. The minimum Gasteiger partial charge on any atom is -0.357 e. The third-order valence-corrected chi connectivity index (χ3v) is 4.80. The van der Waals surface area contributed by atoms with Crippen LogP contribution in [0, 0.1) is 5.92 Å². The fraction of sp³-hybridized carbons (Fsp3) is 0.400. The zero-order valence-corrected chi connectivity index (χ0v) is 22.5. The molecule has 2 rings (SSSR count). The highest BCUT2D eigenvalue weighted by molar-refractivity contribution is 14.0. The highest BCUT2D eigenvalue weighted by atomic mass is 127. The molecular formula is C25H36IN5O2. The van der Waals surface area contributed by atoms with E-state index in [1.165, 1.54) is 0 Å². The first-order valence-corrected chi connectivity index (χ1v) is 11.0. The molecule has 7 nitrogen and oxygen atoms in total. The van der Waals surface area contributed by atoms with Gasteiger partial charge in [-0.15, -0.1) is 24.0 Å². The molecule has 0 saturated heterocycles. The number of rotatable bonds is 9. The maximum Gasteiger partial charge on any atom is 0.253 e. The van der Waals surface area contributed by atoms with Crippen molar-refractivity contribution in [2.75, 3.05) is 32.5 Å². The normalized spacial score (nSPS) is 10.9. The second-order valence-electron chi connectivity index (χ2n) is 8.11. The van der Waals surface area contributed by atoms with Crippen LogP contribution in [0.3, 0.4) is 0 Å². The monoisotopic (exact) mass is 565 g/mol. The van der Waals surface area contributed by atoms with Crippen LogP contribution in [-0.2, 0) is 17.8 Å². The van der Waals surface area contributed by atoms with Gasteiger partial charge in [0.2, 0.25) is 5.91 Å². The lowest BCUT2D eigenvalue weighted by Gasteiger charge is -2.13. The summed E-state index contributed by atoms with van der Waals surface area (Å²) in [6.07, 6.45) is 0.781. The highest BCUT2D eigenvalue weighted by Gasteiger charge is 2.09. The van der Waals surface area contributed by atoms with Gasteiger partial charge >= 0.3 is 0 Å². The van der Waals surface area contributed by atoms with Crippen molar-refractivity contribution >= 4 is 47.4 Å². The standard InChI is InChI=1S/C25H35N5O2.HI/c1-6-26-25(27-15-14-19-8-7-9-21(16-19)24(32)30(4)5)28-17-20-10-12-22(13-11-20)29-23(31)18(2)3;/h7-13,16,18H,6,14-15,17H2,1-5H3,(H,29,31)(H2,26,27,28);1H. The second-order valence-corrected chi connectivity index (χ2v) is 8.11. The number of aliphatic imine (C=N–C) groups is 1. The van der Waals surface area contributed by atoms with Gasteiger partial charge in [-0.1, -0.05) is 38.1 Å². The topological polar surface area (TPSA) is 85.8 Å². The molecule has 2 aromatic rings. The van der Waals surface area contributed by atoms with Crippen LogP contribution in [0.15, 0.2) is 53.5 Å². The molecule has 2 amide bonds. The quantitative estimate of drug-likeness (QED) is 0.245. The van der Waals surface area contributed by atoms with Gasteiger partial charge in [-0.05, 0) is 48.7 Å². The number of benzene rings is 2. The molecule has 3 N–H and O–H groups in total. The number of halogens is 1. The van der Waals surface area contributed by atoms with Crippen molar-refractivity contribution < 1.29 is 9.59 Å². The van der Waals surface area contributed by atoms with E-state index in [2.05, 4.69) is 20.9 Å². The Labute approximate surface area is 214 Å². The molecule has 180 valence electrons. The summed E-state index contributed by atoms with van der Waals surface area (Å²) in [4.78, 5) is 30.2. The Balaban J connectivity index is 0.00000544. The fourth-order valence-corrected chi connectivity index (χ4v) is 2.94. The number of carbonyl (C=O) groups is 2. The largest absolute Gasteiger partial charge is 0.357 e. The minimum atomic E-state index is -0.0519. The second kappa shape index (κ2) is 14.5. The molecule has 0 aliphatic heterocycles. The number of anilines is 1. The van der Waals surface area contributed by atoms with Gasteiger partial charge in [0, 0.05) is 44.4 Å². The van der Waals surface area contributed by atoms with Gasteiger partial charge in [0.1, 0.15) is 0 Å². The van der Waals surface area contributed by atoms with E-state index in [0.717, 1.165) is 35.7 Å². The Kier molecular flexibility index (Phi) is 12.5. The molecule has 0 aliphatic carbocycles. The molecule has 0 radical (unpaired) electrons. The molecule has 0 aromatic heterocycles. The first kappa shape index (κ1) is 28.4. The maximum atomic E-state index is 12.1. The molecule has 0 atom stereocenters.